The van der Waals surface area contributed by atoms with Crippen molar-refractivity contribution in [2.45, 2.75) is 26.3 Å². The zero-order valence-electron chi connectivity index (χ0n) is 13.4. The number of ether oxygens (including phenoxy) is 2. The van der Waals surface area contributed by atoms with Gasteiger partial charge >= 0.3 is 0 Å². The highest BCUT2D eigenvalue weighted by Gasteiger charge is 2.11. The Morgan fingerprint density at radius 1 is 1.29 bits per heavy atom. The molecule has 2 N–H and O–H groups in total. The molecule has 1 amide bonds. The molecule has 0 aliphatic heterocycles. The van der Waals surface area contributed by atoms with Crippen LogP contribution in [0, 0.1) is 6.92 Å². The van der Waals surface area contributed by atoms with E-state index in [1.54, 1.807) is 14.2 Å². The minimum Gasteiger partial charge on any atom is -0.496 e. The largest absolute Gasteiger partial charge is 0.496 e. The summed E-state index contributed by atoms with van der Waals surface area (Å²) in [5, 5.41) is 6.14. The van der Waals surface area contributed by atoms with Gasteiger partial charge in [-0.2, -0.15) is 0 Å². The first kappa shape index (κ1) is 17.5. The molecule has 0 heterocycles. The summed E-state index contributed by atoms with van der Waals surface area (Å²) in [6, 6.07) is 6.27. The normalized spacial score (nSPS) is 12.0. The van der Waals surface area contributed by atoms with Crippen LogP contribution in [0.1, 0.15) is 30.5 Å². The average Bonchev–Trinajstić information content (AvgIpc) is 2.47. The quantitative estimate of drug-likeness (QED) is 0.682. The van der Waals surface area contributed by atoms with Gasteiger partial charge in [0.15, 0.2) is 0 Å². The number of carbonyl (C=O) groups is 1. The Kier molecular flexibility index (Phi) is 7.79. The molecule has 5 heteroatoms. The van der Waals surface area contributed by atoms with Crippen molar-refractivity contribution in [1.29, 1.82) is 0 Å². The lowest BCUT2D eigenvalue weighted by Crippen LogP contribution is -2.30. The van der Waals surface area contributed by atoms with Crippen LogP contribution in [0.15, 0.2) is 18.2 Å². The third kappa shape index (κ3) is 6.14. The molecule has 0 saturated carbocycles. The van der Waals surface area contributed by atoms with Gasteiger partial charge in [0.2, 0.25) is 5.91 Å². The standard InChI is InChI=1S/C16H26N2O3/c1-12-5-6-14(15(11-12)21-4)13(2)17-8-7-16(19)18-9-10-20-3/h5-6,11,13,17H,7-10H2,1-4H3,(H,18,19). The maximum Gasteiger partial charge on any atom is 0.221 e. The smallest absolute Gasteiger partial charge is 0.221 e. The molecule has 0 bridgehead atoms. The summed E-state index contributed by atoms with van der Waals surface area (Å²) < 4.78 is 10.3. The molecule has 21 heavy (non-hydrogen) atoms. The summed E-state index contributed by atoms with van der Waals surface area (Å²) in [6.07, 6.45) is 0.447. The van der Waals surface area contributed by atoms with Crippen molar-refractivity contribution in [2.75, 3.05) is 33.9 Å². The first-order valence-corrected chi connectivity index (χ1v) is 7.22. The lowest BCUT2D eigenvalue weighted by molar-refractivity contribution is -0.121. The number of aryl methyl sites for hydroxylation is 1. The van der Waals surface area contributed by atoms with Crippen molar-refractivity contribution in [3.63, 3.8) is 0 Å². The Morgan fingerprint density at radius 3 is 2.71 bits per heavy atom. The fourth-order valence-electron chi connectivity index (χ4n) is 2.07. The van der Waals surface area contributed by atoms with Crippen LogP contribution in [-0.4, -0.2) is 39.8 Å². The number of hydrogen-bond donors (Lipinski definition) is 2. The van der Waals surface area contributed by atoms with Gasteiger partial charge in [-0.15, -0.1) is 0 Å². The van der Waals surface area contributed by atoms with Crippen LogP contribution in [0.4, 0.5) is 0 Å². The molecule has 0 fully saturated rings. The average molecular weight is 294 g/mol. The van der Waals surface area contributed by atoms with Crippen molar-refractivity contribution in [3.8, 4) is 5.75 Å². The molecule has 0 spiro atoms. The summed E-state index contributed by atoms with van der Waals surface area (Å²) in [5.74, 6) is 0.905. The minimum absolute atomic E-state index is 0.0302. The third-order valence-electron chi connectivity index (χ3n) is 3.29. The lowest BCUT2D eigenvalue weighted by atomic mass is 10.0. The second-order valence-corrected chi connectivity index (χ2v) is 5.01. The first-order chi connectivity index (χ1) is 10.1. The molecule has 0 aromatic heterocycles. The maximum atomic E-state index is 11.6. The van der Waals surface area contributed by atoms with Crippen molar-refractivity contribution in [3.05, 3.63) is 29.3 Å². The molecule has 1 rings (SSSR count). The summed E-state index contributed by atoms with van der Waals surface area (Å²) >= 11 is 0. The van der Waals surface area contributed by atoms with E-state index in [2.05, 4.69) is 29.7 Å². The number of nitrogens with one attached hydrogen (secondary N) is 2. The summed E-state index contributed by atoms with van der Waals surface area (Å²) in [7, 11) is 3.29. The van der Waals surface area contributed by atoms with Crippen LogP contribution in [0.2, 0.25) is 0 Å². The number of methoxy groups -OCH3 is 2. The fourth-order valence-corrected chi connectivity index (χ4v) is 2.07. The van der Waals surface area contributed by atoms with Gasteiger partial charge in [0, 0.05) is 38.2 Å². The molecule has 5 nitrogen and oxygen atoms in total. The van der Waals surface area contributed by atoms with Crippen LogP contribution in [-0.2, 0) is 9.53 Å². The van der Waals surface area contributed by atoms with E-state index in [0.29, 0.717) is 26.1 Å². The highest BCUT2D eigenvalue weighted by molar-refractivity contribution is 5.76. The van der Waals surface area contributed by atoms with E-state index < -0.39 is 0 Å². The molecule has 118 valence electrons. The SMILES string of the molecule is COCCNC(=O)CCNC(C)c1ccc(C)cc1OC. The molecule has 1 aromatic rings. The van der Waals surface area contributed by atoms with E-state index in [1.807, 2.05) is 13.0 Å². The van der Waals surface area contributed by atoms with Crippen molar-refractivity contribution >= 4 is 5.91 Å². The Hall–Kier alpha value is -1.59. The van der Waals surface area contributed by atoms with E-state index in [4.69, 9.17) is 9.47 Å². The molecular formula is C16H26N2O3. The molecule has 1 atom stereocenters. The zero-order valence-corrected chi connectivity index (χ0v) is 13.4. The number of carbonyl (C=O) groups excluding carboxylic acids is 1. The first-order valence-electron chi connectivity index (χ1n) is 7.22. The van der Waals surface area contributed by atoms with E-state index >= 15 is 0 Å². The summed E-state index contributed by atoms with van der Waals surface area (Å²) in [4.78, 5) is 11.6. The van der Waals surface area contributed by atoms with Gasteiger partial charge in [-0.1, -0.05) is 12.1 Å². The predicted octanol–water partition coefficient (Wildman–Crippen LogP) is 1.81. The molecular weight excluding hydrogens is 268 g/mol. The monoisotopic (exact) mass is 294 g/mol. The van der Waals surface area contributed by atoms with Gasteiger partial charge in [0.05, 0.1) is 13.7 Å². The van der Waals surface area contributed by atoms with Gasteiger partial charge in [0.25, 0.3) is 0 Å². The van der Waals surface area contributed by atoms with Gasteiger partial charge in [0.1, 0.15) is 5.75 Å². The summed E-state index contributed by atoms with van der Waals surface area (Å²) in [5.41, 5.74) is 2.27. The van der Waals surface area contributed by atoms with Crippen LogP contribution in [0.3, 0.4) is 0 Å². The highest BCUT2D eigenvalue weighted by atomic mass is 16.5. The molecule has 0 saturated heterocycles. The molecule has 0 aliphatic carbocycles. The molecule has 1 unspecified atom stereocenters. The van der Waals surface area contributed by atoms with Crippen LogP contribution < -0.4 is 15.4 Å². The Bertz CT molecular complexity index is 449. The van der Waals surface area contributed by atoms with Gasteiger partial charge in [-0.3, -0.25) is 4.79 Å². The van der Waals surface area contributed by atoms with Crippen LogP contribution in [0.25, 0.3) is 0 Å². The van der Waals surface area contributed by atoms with Crippen molar-refractivity contribution < 1.29 is 14.3 Å². The van der Waals surface area contributed by atoms with Crippen molar-refractivity contribution in [2.24, 2.45) is 0 Å². The van der Waals surface area contributed by atoms with Crippen LogP contribution in [0.5, 0.6) is 5.75 Å². The Balaban J connectivity index is 2.40. The fraction of sp³-hybridized carbons (Fsp3) is 0.562. The van der Waals surface area contributed by atoms with E-state index in [0.717, 1.165) is 11.3 Å². The number of rotatable bonds is 9. The van der Waals surface area contributed by atoms with Gasteiger partial charge in [-0.05, 0) is 25.5 Å². The minimum atomic E-state index is 0.0302. The summed E-state index contributed by atoms with van der Waals surface area (Å²) in [6.45, 7) is 5.81. The maximum absolute atomic E-state index is 11.6. The number of hydrogen-bond acceptors (Lipinski definition) is 4. The predicted molar refractivity (Wildman–Crippen MR) is 83.7 cm³/mol. The second kappa shape index (κ2) is 9.37. The number of amides is 1. The molecule has 1 aromatic carbocycles. The Morgan fingerprint density at radius 2 is 2.05 bits per heavy atom. The van der Waals surface area contributed by atoms with E-state index in [1.165, 1.54) is 5.56 Å². The second-order valence-electron chi connectivity index (χ2n) is 5.01. The zero-order chi connectivity index (χ0) is 15.7. The lowest BCUT2D eigenvalue weighted by Gasteiger charge is -2.17. The van der Waals surface area contributed by atoms with E-state index in [9.17, 15) is 4.79 Å². The topological polar surface area (TPSA) is 59.6 Å². The van der Waals surface area contributed by atoms with E-state index in [-0.39, 0.29) is 11.9 Å². The number of benzene rings is 1. The van der Waals surface area contributed by atoms with Crippen molar-refractivity contribution in [1.82, 2.24) is 10.6 Å². The van der Waals surface area contributed by atoms with Gasteiger partial charge < -0.3 is 20.1 Å². The highest BCUT2D eigenvalue weighted by Crippen LogP contribution is 2.25. The Labute approximate surface area is 127 Å². The van der Waals surface area contributed by atoms with Crippen LogP contribution >= 0.6 is 0 Å². The third-order valence-corrected chi connectivity index (χ3v) is 3.29. The van der Waals surface area contributed by atoms with Gasteiger partial charge in [-0.25, -0.2) is 0 Å². The molecule has 0 aliphatic rings. The molecule has 0 radical (unpaired) electrons.